The molecule has 0 spiro atoms. The smallest absolute Gasteiger partial charge is 0.225 e. The molecule has 1 fully saturated rings. The van der Waals surface area contributed by atoms with Crippen LogP contribution in [0.4, 0.5) is 5.69 Å². The molecule has 1 heterocycles. The monoisotopic (exact) mass is 453 g/mol. The molecule has 156 valence electrons. The summed E-state index contributed by atoms with van der Waals surface area (Å²) in [5, 5.41) is 4.26. The van der Waals surface area contributed by atoms with Crippen LogP contribution in [0.1, 0.15) is 29.9 Å². The van der Waals surface area contributed by atoms with Crippen LogP contribution in [0, 0.1) is 5.92 Å². The molecule has 0 bridgehead atoms. The lowest BCUT2D eigenvalue weighted by Crippen LogP contribution is -2.38. The summed E-state index contributed by atoms with van der Waals surface area (Å²) in [6.45, 7) is 2.12. The van der Waals surface area contributed by atoms with Gasteiger partial charge >= 0.3 is 0 Å². The van der Waals surface area contributed by atoms with E-state index in [9.17, 15) is 9.35 Å². The number of hydrogen-bond donors (Lipinski definition) is 2. The summed E-state index contributed by atoms with van der Waals surface area (Å²) in [5.41, 5.74) is 8.18. The van der Waals surface area contributed by atoms with Crippen molar-refractivity contribution in [3.8, 4) is 0 Å². The van der Waals surface area contributed by atoms with Crippen LogP contribution < -0.4 is 15.4 Å². The van der Waals surface area contributed by atoms with Crippen molar-refractivity contribution >= 4 is 46.2 Å². The van der Waals surface area contributed by atoms with Crippen LogP contribution >= 0.6 is 23.2 Å². The van der Waals surface area contributed by atoms with Crippen LogP contribution in [0.2, 0.25) is 10.0 Å². The van der Waals surface area contributed by atoms with Crippen molar-refractivity contribution in [1.29, 1.82) is 0 Å². The van der Waals surface area contributed by atoms with Gasteiger partial charge in [0.05, 0.1) is 39.6 Å². The molecular formula is C21H25Cl2N3O2S. The highest BCUT2D eigenvalue weighted by Gasteiger charge is 2.29. The number of rotatable bonds is 7. The highest BCUT2D eigenvalue weighted by molar-refractivity contribution is 7.92. The van der Waals surface area contributed by atoms with E-state index >= 15 is 0 Å². The highest BCUT2D eigenvalue weighted by atomic mass is 35.5. The fourth-order valence-electron chi connectivity index (χ4n) is 3.84. The minimum Gasteiger partial charge on any atom is -0.593 e. The summed E-state index contributed by atoms with van der Waals surface area (Å²) >= 11 is 11.1. The first-order chi connectivity index (χ1) is 13.9. The van der Waals surface area contributed by atoms with Gasteiger partial charge in [0, 0.05) is 0 Å². The third-order valence-electron chi connectivity index (χ3n) is 5.31. The second kappa shape index (κ2) is 10.0. The first kappa shape index (κ1) is 22.2. The second-order valence-corrected chi connectivity index (χ2v) is 9.32. The topological polar surface area (TPSA) is 81.4 Å². The number of halogens is 2. The van der Waals surface area contributed by atoms with Gasteiger partial charge in [-0.3, -0.25) is 4.79 Å². The molecule has 2 aromatic rings. The van der Waals surface area contributed by atoms with E-state index in [1.54, 1.807) is 16.6 Å². The maximum absolute atomic E-state index is 12.4. The molecule has 1 aliphatic rings. The Bertz CT molecular complexity index is 842. The molecule has 1 aliphatic heterocycles. The number of piperidine rings is 1. The van der Waals surface area contributed by atoms with Gasteiger partial charge < -0.3 is 15.6 Å². The molecule has 8 heteroatoms. The second-order valence-electron chi connectivity index (χ2n) is 7.25. The molecule has 29 heavy (non-hydrogen) atoms. The van der Waals surface area contributed by atoms with Crippen molar-refractivity contribution in [3.63, 3.8) is 0 Å². The Morgan fingerprint density at radius 1 is 1.31 bits per heavy atom. The summed E-state index contributed by atoms with van der Waals surface area (Å²) in [5.74, 6) is -0.457. The zero-order valence-electron chi connectivity index (χ0n) is 16.2. The molecule has 3 rings (SSSR count). The zero-order valence-corrected chi connectivity index (χ0v) is 18.6. The maximum atomic E-state index is 12.4. The number of nitrogens with two attached hydrogens (primary N) is 1. The SMILES string of the molecule is C[S+]([O-])N(Cc1cccc(Cl)c1Cl)c1ccc(C(C(N)=O)C2CCCNC2)cc1. The van der Waals surface area contributed by atoms with E-state index in [1.807, 2.05) is 36.4 Å². The van der Waals surface area contributed by atoms with E-state index in [0.29, 0.717) is 16.6 Å². The lowest BCUT2D eigenvalue weighted by Gasteiger charge is -2.29. The number of nitrogens with zero attached hydrogens (tertiary/aromatic N) is 1. The summed E-state index contributed by atoms with van der Waals surface area (Å²) in [4.78, 5) is 12.1. The fraction of sp³-hybridized carbons (Fsp3) is 0.381. The number of carbonyl (C=O) groups excluding carboxylic acids is 1. The van der Waals surface area contributed by atoms with Gasteiger partial charge in [-0.15, -0.1) is 0 Å². The van der Waals surface area contributed by atoms with Crippen LogP contribution in [-0.2, 0) is 22.7 Å². The van der Waals surface area contributed by atoms with Gasteiger partial charge in [-0.05, 0) is 61.2 Å². The molecule has 0 saturated carbocycles. The van der Waals surface area contributed by atoms with E-state index in [4.69, 9.17) is 28.9 Å². The minimum absolute atomic E-state index is 0.189. The molecule has 2 aromatic carbocycles. The minimum atomic E-state index is -1.27. The Morgan fingerprint density at radius 3 is 2.62 bits per heavy atom. The molecular weight excluding hydrogens is 429 g/mol. The molecule has 3 atom stereocenters. The van der Waals surface area contributed by atoms with Gasteiger partial charge in [0.15, 0.2) is 0 Å². The van der Waals surface area contributed by atoms with Gasteiger partial charge in [0.2, 0.25) is 5.91 Å². The number of primary amides is 1. The summed E-state index contributed by atoms with van der Waals surface area (Å²) in [7, 11) is 0. The summed E-state index contributed by atoms with van der Waals surface area (Å²) in [6, 6.07) is 13.0. The predicted molar refractivity (Wildman–Crippen MR) is 121 cm³/mol. The number of anilines is 1. The standard InChI is InChI=1S/C21H25Cl2N3O2S/c1-29(28)26(13-16-4-2-6-18(22)20(16)23)17-9-7-14(8-10-17)19(21(24)27)15-5-3-11-25-12-15/h2,4,6-10,15,19,25H,3,5,11-13H2,1H3,(H2,24,27). The van der Waals surface area contributed by atoms with Crippen LogP contribution in [0.15, 0.2) is 42.5 Å². The highest BCUT2D eigenvalue weighted by Crippen LogP contribution is 2.32. The molecule has 5 nitrogen and oxygen atoms in total. The number of benzene rings is 2. The van der Waals surface area contributed by atoms with Crippen LogP contribution in [0.25, 0.3) is 0 Å². The normalized spacial score (nSPS) is 18.8. The summed E-state index contributed by atoms with van der Waals surface area (Å²) in [6.07, 6.45) is 3.63. The average molecular weight is 454 g/mol. The average Bonchev–Trinajstić information content (AvgIpc) is 2.70. The Hall–Kier alpha value is -1.44. The van der Waals surface area contributed by atoms with Gasteiger partial charge in [-0.25, -0.2) is 0 Å². The lowest BCUT2D eigenvalue weighted by atomic mass is 9.81. The first-order valence-corrected chi connectivity index (χ1v) is 11.8. The van der Waals surface area contributed by atoms with Crippen molar-refractivity contribution in [2.75, 3.05) is 23.7 Å². The van der Waals surface area contributed by atoms with Crippen molar-refractivity contribution < 1.29 is 9.35 Å². The van der Waals surface area contributed by atoms with Gasteiger partial charge in [-0.2, -0.15) is 4.31 Å². The number of nitrogens with one attached hydrogen (secondary N) is 1. The largest absolute Gasteiger partial charge is 0.593 e. The predicted octanol–water partition coefficient (Wildman–Crippen LogP) is 3.86. The molecule has 1 saturated heterocycles. The Morgan fingerprint density at radius 2 is 2.03 bits per heavy atom. The van der Waals surface area contributed by atoms with Crippen LogP contribution in [-0.4, -0.2) is 29.8 Å². The third-order valence-corrected chi connectivity index (χ3v) is 7.13. The van der Waals surface area contributed by atoms with E-state index in [-0.39, 0.29) is 17.7 Å². The maximum Gasteiger partial charge on any atom is 0.225 e. The van der Waals surface area contributed by atoms with Crippen molar-refractivity contribution in [3.05, 3.63) is 63.6 Å². The van der Waals surface area contributed by atoms with Crippen molar-refractivity contribution in [1.82, 2.24) is 5.32 Å². The summed E-state index contributed by atoms with van der Waals surface area (Å²) < 4.78 is 14.1. The Kier molecular flexibility index (Phi) is 7.71. The fourth-order valence-corrected chi connectivity index (χ4v) is 4.96. The number of carbonyl (C=O) groups is 1. The van der Waals surface area contributed by atoms with Crippen LogP contribution in [0.3, 0.4) is 0 Å². The molecule has 3 unspecified atom stereocenters. The molecule has 3 N–H and O–H groups in total. The zero-order chi connectivity index (χ0) is 21.0. The number of hydrogen-bond acceptors (Lipinski definition) is 4. The molecule has 0 aliphatic carbocycles. The molecule has 0 radical (unpaired) electrons. The van der Waals surface area contributed by atoms with E-state index in [0.717, 1.165) is 42.7 Å². The molecule has 0 aromatic heterocycles. The van der Waals surface area contributed by atoms with Gasteiger partial charge in [-0.1, -0.05) is 47.5 Å². The van der Waals surface area contributed by atoms with Crippen LogP contribution in [0.5, 0.6) is 0 Å². The Balaban J connectivity index is 1.83. The number of amides is 1. The molecule has 1 amide bonds. The first-order valence-electron chi connectivity index (χ1n) is 9.52. The van der Waals surface area contributed by atoms with E-state index < -0.39 is 11.4 Å². The lowest BCUT2D eigenvalue weighted by molar-refractivity contribution is -0.120. The van der Waals surface area contributed by atoms with Gasteiger partial charge in [0.1, 0.15) is 6.26 Å². The van der Waals surface area contributed by atoms with E-state index in [1.165, 1.54) is 0 Å². The van der Waals surface area contributed by atoms with E-state index in [2.05, 4.69) is 5.32 Å². The quantitative estimate of drug-likeness (QED) is 0.623. The van der Waals surface area contributed by atoms with Crippen molar-refractivity contribution in [2.45, 2.75) is 25.3 Å². The van der Waals surface area contributed by atoms with Gasteiger partial charge in [0.25, 0.3) is 0 Å². The third kappa shape index (κ3) is 5.38. The van der Waals surface area contributed by atoms with Crippen molar-refractivity contribution in [2.24, 2.45) is 11.7 Å². The Labute approximate surface area is 184 Å².